The molecule has 4 aliphatic rings. The monoisotopic (exact) mass is 506 g/mol. The van der Waals surface area contributed by atoms with E-state index in [4.69, 9.17) is 9.47 Å². The Morgan fingerprint density at radius 1 is 1.05 bits per heavy atom. The van der Waals surface area contributed by atoms with Crippen LogP contribution in [0.3, 0.4) is 0 Å². The van der Waals surface area contributed by atoms with Crippen molar-refractivity contribution in [3.63, 3.8) is 0 Å². The van der Waals surface area contributed by atoms with Crippen LogP contribution >= 0.6 is 0 Å². The summed E-state index contributed by atoms with van der Waals surface area (Å²) in [5.74, 6) is -1.52. The van der Waals surface area contributed by atoms with Crippen LogP contribution in [0.4, 0.5) is 33.2 Å². The van der Waals surface area contributed by atoms with Gasteiger partial charge in [-0.15, -0.1) is 0 Å². The number of hydrogen-bond acceptors (Lipinski definition) is 9. The minimum atomic E-state index is -1.73. The Labute approximate surface area is 210 Å². The number of amides is 2. The van der Waals surface area contributed by atoms with Gasteiger partial charge in [0.1, 0.15) is 11.5 Å². The maximum atomic E-state index is 14.5. The third kappa shape index (κ3) is 4.73. The van der Waals surface area contributed by atoms with Gasteiger partial charge in [-0.3, -0.25) is 14.4 Å². The molecule has 0 aliphatic carbocycles. The number of nitrogens with one attached hydrogen (secondary N) is 4. The minimum absolute atomic E-state index is 0.00927. The number of ketones is 1. The van der Waals surface area contributed by atoms with Gasteiger partial charge < -0.3 is 30.7 Å². The van der Waals surface area contributed by atoms with Gasteiger partial charge in [-0.25, -0.2) is 9.37 Å². The van der Waals surface area contributed by atoms with Gasteiger partial charge in [-0.05, 0) is 43.7 Å². The third-order valence-corrected chi connectivity index (χ3v) is 6.04. The number of anilines is 5. The van der Waals surface area contributed by atoms with E-state index in [0.29, 0.717) is 35.0 Å². The molecule has 190 valence electrons. The molecule has 11 nitrogen and oxygen atoms in total. The van der Waals surface area contributed by atoms with Crippen LogP contribution in [0.25, 0.3) is 0 Å². The second-order valence-corrected chi connectivity index (χ2v) is 8.67. The molecule has 4 aliphatic heterocycles. The molecule has 5 heterocycles. The molecule has 37 heavy (non-hydrogen) atoms. The molecule has 0 saturated carbocycles. The molecule has 7 rings (SSSR count). The lowest BCUT2D eigenvalue weighted by Gasteiger charge is -2.33. The summed E-state index contributed by atoms with van der Waals surface area (Å²) < 4.78 is 25.7. The van der Waals surface area contributed by atoms with Crippen molar-refractivity contribution in [3.05, 3.63) is 54.0 Å². The van der Waals surface area contributed by atoms with Crippen molar-refractivity contribution in [2.45, 2.75) is 25.4 Å². The number of carbonyl (C=O) groups excluding carboxylic acids is 3. The van der Waals surface area contributed by atoms with Crippen LogP contribution < -0.4 is 30.7 Å². The first-order chi connectivity index (χ1) is 17.7. The van der Waals surface area contributed by atoms with E-state index in [1.165, 1.54) is 14.0 Å². The van der Waals surface area contributed by atoms with Gasteiger partial charge in [0.15, 0.2) is 17.4 Å². The fourth-order valence-electron chi connectivity index (χ4n) is 3.98. The number of nitrogens with zero attached hydrogens (tertiary/aromatic N) is 2. The molecule has 12 heteroatoms. The molecule has 8 bridgehead atoms. The van der Waals surface area contributed by atoms with Gasteiger partial charge in [-0.2, -0.15) is 4.98 Å². The van der Waals surface area contributed by atoms with E-state index < -0.39 is 29.0 Å². The average molecular weight is 506 g/mol. The van der Waals surface area contributed by atoms with Crippen LogP contribution in [0.1, 0.15) is 30.1 Å². The Bertz CT molecular complexity index is 1430. The number of benzene rings is 2. The number of fused-ring (bicyclic) bond motifs is 2. The summed E-state index contributed by atoms with van der Waals surface area (Å²) in [6, 6.07) is 9.49. The van der Waals surface area contributed by atoms with Gasteiger partial charge in [0.05, 0.1) is 19.0 Å². The van der Waals surface area contributed by atoms with E-state index in [-0.39, 0.29) is 30.3 Å². The van der Waals surface area contributed by atoms with Crippen LogP contribution in [-0.4, -0.2) is 46.8 Å². The molecule has 0 radical (unpaired) electrons. The van der Waals surface area contributed by atoms with Gasteiger partial charge in [-0.1, -0.05) is 0 Å². The number of halogens is 1. The standard InChI is InChI=1S/C25H23FN6O5/c1-25-20(33)4-3-7-27-22(34)13-8-15(10-16(9-13)36-2)30-24-28-12-17(26)21(32-24)29-14-5-6-19(37-25)18(11-14)31-23(25)35/h5-6,8-12H,3-4,7H2,1-2H3,(H,27,34)(H,31,35)(H2,28,29,30,32). The molecular weight excluding hydrogens is 483 g/mol. The van der Waals surface area contributed by atoms with Crippen LogP contribution in [0, 0.1) is 5.82 Å². The second kappa shape index (κ2) is 9.37. The van der Waals surface area contributed by atoms with Crippen molar-refractivity contribution >= 4 is 46.4 Å². The molecule has 0 spiro atoms. The number of methoxy groups -OCH3 is 1. The molecule has 0 saturated heterocycles. The quantitative estimate of drug-likeness (QED) is 0.366. The summed E-state index contributed by atoms with van der Waals surface area (Å²) in [4.78, 5) is 46.7. The highest BCUT2D eigenvalue weighted by molar-refractivity contribution is 6.16. The van der Waals surface area contributed by atoms with E-state index in [1.54, 1.807) is 36.4 Å². The number of ether oxygens (including phenoxy) is 2. The molecule has 2 aromatic carbocycles. The highest BCUT2D eigenvalue weighted by Crippen LogP contribution is 2.37. The highest BCUT2D eigenvalue weighted by atomic mass is 19.1. The van der Waals surface area contributed by atoms with Crippen LogP contribution in [0.5, 0.6) is 11.5 Å². The summed E-state index contributed by atoms with van der Waals surface area (Å²) in [5.41, 5.74) is -0.261. The van der Waals surface area contributed by atoms with E-state index in [1.807, 2.05) is 0 Å². The third-order valence-electron chi connectivity index (χ3n) is 6.04. The number of hydrogen-bond donors (Lipinski definition) is 4. The topological polar surface area (TPSA) is 144 Å². The fourth-order valence-corrected chi connectivity index (χ4v) is 3.98. The van der Waals surface area contributed by atoms with E-state index in [0.717, 1.165) is 6.20 Å². The zero-order valence-corrected chi connectivity index (χ0v) is 20.0. The summed E-state index contributed by atoms with van der Waals surface area (Å²) in [7, 11) is 1.46. The molecule has 2 amide bonds. The maximum absolute atomic E-state index is 14.5. The molecule has 1 unspecified atom stereocenters. The molecule has 0 fully saturated rings. The lowest BCUT2D eigenvalue weighted by Crippen LogP contribution is -2.54. The van der Waals surface area contributed by atoms with Crippen LogP contribution in [-0.2, 0) is 9.59 Å². The Hall–Kier alpha value is -4.74. The lowest BCUT2D eigenvalue weighted by molar-refractivity contribution is -0.145. The van der Waals surface area contributed by atoms with E-state index in [2.05, 4.69) is 31.2 Å². The van der Waals surface area contributed by atoms with Crippen molar-refractivity contribution in [1.29, 1.82) is 0 Å². The summed E-state index contributed by atoms with van der Waals surface area (Å²) in [6.07, 6.45) is 1.31. The zero-order chi connectivity index (χ0) is 26.2. The summed E-state index contributed by atoms with van der Waals surface area (Å²) >= 11 is 0. The average Bonchev–Trinajstić information content (AvgIpc) is 2.88. The first-order valence-electron chi connectivity index (χ1n) is 11.5. The van der Waals surface area contributed by atoms with Gasteiger partial charge in [0, 0.05) is 36.0 Å². The van der Waals surface area contributed by atoms with Crippen molar-refractivity contribution in [2.24, 2.45) is 0 Å². The van der Waals surface area contributed by atoms with Gasteiger partial charge in [0.25, 0.3) is 11.8 Å². The number of Topliss-reactive ketones (excluding diaryl/α,β-unsaturated/α-hetero) is 1. The largest absolute Gasteiger partial charge is 0.497 e. The van der Waals surface area contributed by atoms with E-state index >= 15 is 0 Å². The fraction of sp³-hybridized carbons (Fsp3) is 0.240. The lowest BCUT2D eigenvalue weighted by atomic mass is 9.94. The Kier molecular flexibility index (Phi) is 6.07. The smallest absolute Gasteiger partial charge is 0.276 e. The van der Waals surface area contributed by atoms with E-state index in [9.17, 15) is 18.8 Å². The Balaban J connectivity index is 1.55. The highest BCUT2D eigenvalue weighted by Gasteiger charge is 2.46. The maximum Gasteiger partial charge on any atom is 0.276 e. The van der Waals surface area contributed by atoms with Gasteiger partial charge >= 0.3 is 0 Å². The number of aromatic nitrogens is 2. The number of carbonyl (C=O) groups is 3. The van der Waals surface area contributed by atoms with Crippen LogP contribution in [0.15, 0.2) is 42.6 Å². The van der Waals surface area contributed by atoms with Crippen LogP contribution in [0.2, 0.25) is 0 Å². The normalized spacial score (nSPS) is 19.2. The SMILES string of the molecule is COc1cc2cc(c1)C(=O)NCCCC(=O)C1(C)Oc3ccc(cc3NC1=O)Nc1nc(ncc1F)N2. The van der Waals surface area contributed by atoms with Crippen molar-refractivity contribution in [2.75, 3.05) is 29.6 Å². The predicted molar refractivity (Wildman–Crippen MR) is 132 cm³/mol. The summed E-state index contributed by atoms with van der Waals surface area (Å²) in [6.45, 7) is 1.60. The van der Waals surface area contributed by atoms with Crippen molar-refractivity contribution < 1.29 is 28.2 Å². The molecule has 3 aromatic rings. The Morgan fingerprint density at radius 2 is 1.89 bits per heavy atom. The minimum Gasteiger partial charge on any atom is -0.497 e. The number of rotatable bonds is 1. The first-order valence-corrected chi connectivity index (χ1v) is 11.5. The molecule has 1 atom stereocenters. The second-order valence-electron chi connectivity index (χ2n) is 8.67. The predicted octanol–water partition coefficient (Wildman–Crippen LogP) is 3.29. The first kappa shape index (κ1) is 24.0. The van der Waals surface area contributed by atoms with Crippen molar-refractivity contribution in [3.8, 4) is 11.5 Å². The molecular formula is C25H23FN6O5. The molecule has 1 aromatic heterocycles. The van der Waals surface area contributed by atoms with Gasteiger partial charge in [0.2, 0.25) is 11.5 Å². The summed E-state index contributed by atoms with van der Waals surface area (Å²) in [5, 5.41) is 11.3. The Morgan fingerprint density at radius 3 is 2.70 bits per heavy atom. The zero-order valence-electron chi connectivity index (χ0n) is 20.0. The molecule has 4 N–H and O–H groups in total. The van der Waals surface area contributed by atoms with Crippen molar-refractivity contribution in [1.82, 2.24) is 15.3 Å².